The van der Waals surface area contributed by atoms with E-state index in [-0.39, 0.29) is 17.8 Å². The Balaban J connectivity index is 1.23. The first-order valence-electron chi connectivity index (χ1n) is 12.6. The molecule has 1 fully saturated rings. The summed E-state index contributed by atoms with van der Waals surface area (Å²) in [6, 6.07) is 23.2. The molecular weight excluding hydrogens is 464 g/mol. The molecule has 1 aliphatic rings. The first-order valence-corrected chi connectivity index (χ1v) is 12.6. The number of carbonyl (C=O) groups is 1. The van der Waals surface area contributed by atoms with Crippen molar-refractivity contribution in [3.05, 3.63) is 83.9 Å². The highest BCUT2D eigenvalue weighted by Crippen LogP contribution is 2.27. The zero-order valence-electron chi connectivity index (χ0n) is 21.2. The van der Waals surface area contributed by atoms with Crippen molar-refractivity contribution in [3.8, 4) is 11.5 Å². The van der Waals surface area contributed by atoms with Crippen LogP contribution in [0.25, 0.3) is 10.9 Å². The fourth-order valence-corrected chi connectivity index (χ4v) is 4.49. The summed E-state index contributed by atoms with van der Waals surface area (Å²) in [7, 11) is 2.12. The van der Waals surface area contributed by atoms with Gasteiger partial charge in [0.05, 0.1) is 5.52 Å². The molecule has 1 aliphatic heterocycles. The van der Waals surface area contributed by atoms with Crippen LogP contribution in [0.3, 0.4) is 0 Å². The normalized spacial score (nSPS) is 14.9. The quantitative estimate of drug-likeness (QED) is 0.394. The van der Waals surface area contributed by atoms with Crippen LogP contribution in [0.5, 0.6) is 11.5 Å². The van der Waals surface area contributed by atoms with Gasteiger partial charge in [0, 0.05) is 43.7 Å². The number of para-hydroxylation sites is 1. The Morgan fingerprint density at radius 1 is 0.973 bits per heavy atom. The Kier molecular flexibility index (Phi) is 7.18. The zero-order chi connectivity index (χ0) is 25.8. The number of nitrogens with zero attached hydrogens (tertiary/aromatic N) is 4. The SMILES string of the molecule is CC(CNC(=O)c1ccc2c(N3CCN(C)CC3)nc(N)nc2c1)c1ccc(Oc2ccccc2)cc1. The van der Waals surface area contributed by atoms with Gasteiger partial charge in [0.1, 0.15) is 17.3 Å². The van der Waals surface area contributed by atoms with E-state index in [0.29, 0.717) is 17.6 Å². The molecule has 8 nitrogen and oxygen atoms in total. The summed E-state index contributed by atoms with van der Waals surface area (Å²) in [6.07, 6.45) is 0. The predicted molar refractivity (Wildman–Crippen MR) is 147 cm³/mol. The lowest BCUT2D eigenvalue weighted by molar-refractivity contribution is 0.0951. The zero-order valence-corrected chi connectivity index (χ0v) is 21.2. The van der Waals surface area contributed by atoms with E-state index in [1.165, 1.54) is 0 Å². The van der Waals surface area contributed by atoms with Crippen LogP contribution >= 0.6 is 0 Å². The van der Waals surface area contributed by atoms with E-state index in [4.69, 9.17) is 10.5 Å². The lowest BCUT2D eigenvalue weighted by Crippen LogP contribution is -2.45. The van der Waals surface area contributed by atoms with E-state index in [0.717, 1.165) is 54.4 Å². The Hall–Kier alpha value is -4.17. The standard InChI is InChI=1S/C29H32N6O2/c1-20(21-8-11-24(12-9-21)37-23-6-4-3-5-7-23)19-31-28(36)22-10-13-25-26(18-22)32-29(30)33-27(25)35-16-14-34(2)15-17-35/h3-13,18,20H,14-17,19H2,1-2H3,(H,31,36)(H2,30,32,33). The van der Waals surface area contributed by atoms with E-state index in [1.54, 1.807) is 6.07 Å². The van der Waals surface area contributed by atoms with Gasteiger partial charge in [-0.3, -0.25) is 4.79 Å². The van der Waals surface area contributed by atoms with Gasteiger partial charge < -0.3 is 25.6 Å². The van der Waals surface area contributed by atoms with Crippen molar-refractivity contribution >= 4 is 28.6 Å². The summed E-state index contributed by atoms with van der Waals surface area (Å²) in [6.45, 7) is 6.28. The summed E-state index contributed by atoms with van der Waals surface area (Å²) in [5, 5.41) is 3.96. The number of nitrogen functional groups attached to an aromatic ring is 1. The Labute approximate surface area is 217 Å². The molecule has 1 atom stereocenters. The third kappa shape index (κ3) is 5.81. The number of likely N-dealkylation sites (N-methyl/N-ethyl adjacent to an activating group) is 1. The van der Waals surface area contributed by atoms with Gasteiger partial charge in [0.2, 0.25) is 5.95 Å². The van der Waals surface area contributed by atoms with Gasteiger partial charge >= 0.3 is 0 Å². The van der Waals surface area contributed by atoms with E-state index in [9.17, 15) is 4.79 Å². The molecule has 2 heterocycles. The van der Waals surface area contributed by atoms with Crippen LogP contribution in [0.2, 0.25) is 0 Å². The van der Waals surface area contributed by atoms with Crippen LogP contribution < -0.4 is 20.7 Å². The average molecular weight is 497 g/mol. The van der Waals surface area contributed by atoms with Crippen molar-refractivity contribution in [2.24, 2.45) is 0 Å². The average Bonchev–Trinajstić information content (AvgIpc) is 2.92. The number of fused-ring (bicyclic) bond motifs is 1. The molecule has 1 saturated heterocycles. The molecule has 0 radical (unpaired) electrons. The van der Waals surface area contributed by atoms with Crippen LogP contribution in [0.1, 0.15) is 28.8 Å². The largest absolute Gasteiger partial charge is 0.457 e. The molecule has 190 valence electrons. The maximum Gasteiger partial charge on any atom is 0.251 e. The summed E-state index contributed by atoms with van der Waals surface area (Å²) in [4.78, 5) is 26.4. The van der Waals surface area contributed by atoms with Crippen LogP contribution in [-0.4, -0.2) is 60.5 Å². The summed E-state index contributed by atoms with van der Waals surface area (Å²) < 4.78 is 5.87. The van der Waals surface area contributed by atoms with Crippen LogP contribution in [0.15, 0.2) is 72.8 Å². The van der Waals surface area contributed by atoms with Gasteiger partial charge in [-0.1, -0.05) is 37.3 Å². The Bertz CT molecular complexity index is 1370. The van der Waals surface area contributed by atoms with Gasteiger partial charge in [-0.05, 0) is 61.0 Å². The molecule has 5 rings (SSSR count). The second kappa shape index (κ2) is 10.8. The Morgan fingerprint density at radius 3 is 2.41 bits per heavy atom. The second-order valence-corrected chi connectivity index (χ2v) is 9.52. The first kappa shape index (κ1) is 24.5. The highest BCUT2D eigenvalue weighted by molar-refractivity contribution is 6.00. The number of carbonyl (C=O) groups excluding carboxylic acids is 1. The molecule has 1 amide bonds. The number of hydrogen-bond donors (Lipinski definition) is 2. The minimum atomic E-state index is -0.142. The molecule has 8 heteroatoms. The number of hydrogen-bond acceptors (Lipinski definition) is 7. The number of ether oxygens (including phenoxy) is 1. The number of amides is 1. The number of rotatable bonds is 7. The third-order valence-electron chi connectivity index (χ3n) is 6.76. The minimum Gasteiger partial charge on any atom is -0.457 e. The maximum atomic E-state index is 13.0. The monoisotopic (exact) mass is 496 g/mol. The number of benzene rings is 3. The molecule has 1 unspecified atom stereocenters. The molecule has 0 saturated carbocycles. The van der Waals surface area contributed by atoms with Gasteiger partial charge in [-0.2, -0.15) is 4.98 Å². The van der Waals surface area contributed by atoms with Gasteiger partial charge in [0.25, 0.3) is 5.91 Å². The van der Waals surface area contributed by atoms with E-state index in [2.05, 4.69) is 39.1 Å². The highest BCUT2D eigenvalue weighted by Gasteiger charge is 2.20. The number of piperazine rings is 1. The first-order chi connectivity index (χ1) is 18.0. The molecule has 3 aromatic carbocycles. The molecule has 3 N–H and O–H groups in total. The molecule has 37 heavy (non-hydrogen) atoms. The number of anilines is 2. The minimum absolute atomic E-state index is 0.136. The Morgan fingerprint density at radius 2 is 1.68 bits per heavy atom. The molecule has 0 bridgehead atoms. The van der Waals surface area contributed by atoms with Crippen molar-refractivity contribution in [3.63, 3.8) is 0 Å². The lowest BCUT2D eigenvalue weighted by Gasteiger charge is -2.33. The van der Waals surface area contributed by atoms with Crippen molar-refractivity contribution < 1.29 is 9.53 Å². The number of aromatic nitrogens is 2. The van der Waals surface area contributed by atoms with Gasteiger partial charge in [-0.15, -0.1) is 0 Å². The molecule has 4 aromatic rings. The highest BCUT2D eigenvalue weighted by atomic mass is 16.5. The van der Waals surface area contributed by atoms with Crippen molar-refractivity contribution in [2.75, 3.05) is 50.4 Å². The molecule has 1 aromatic heterocycles. The number of nitrogens with two attached hydrogens (primary N) is 1. The molecule has 0 aliphatic carbocycles. The molecular formula is C29H32N6O2. The fraction of sp³-hybridized carbons (Fsp3) is 0.276. The van der Waals surface area contributed by atoms with Gasteiger partial charge in [0.15, 0.2) is 0 Å². The van der Waals surface area contributed by atoms with Crippen molar-refractivity contribution in [1.29, 1.82) is 0 Å². The summed E-state index contributed by atoms with van der Waals surface area (Å²) >= 11 is 0. The molecule has 0 spiro atoms. The van der Waals surface area contributed by atoms with Crippen LogP contribution in [-0.2, 0) is 0 Å². The van der Waals surface area contributed by atoms with Crippen molar-refractivity contribution in [1.82, 2.24) is 20.2 Å². The summed E-state index contributed by atoms with van der Waals surface area (Å²) in [5.74, 6) is 2.62. The lowest BCUT2D eigenvalue weighted by atomic mass is 10.0. The number of nitrogens with one attached hydrogen (secondary N) is 1. The summed E-state index contributed by atoms with van der Waals surface area (Å²) in [5.41, 5.74) is 8.38. The van der Waals surface area contributed by atoms with E-state index >= 15 is 0 Å². The maximum absolute atomic E-state index is 13.0. The smallest absolute Gasteiger partial charge is 0.251 e. The van der Waals surface area contributed by atoms with E-state index < -0.39 is 0 Å². The fourth-order valence-electron chi connectivity index (χ4n) is 4.49. The van der Waals surface area contributed by atoms with Crippen LogP contribution in [0.4, 0.5) is 11.8 Å². The van der Waals surface area contributed by atoms with Gasteiger partial charge in [-0.25, -0.2) is 4.98 Å². The topological polar surface area (TPSA) is 96.6 Å². The van der Waals surface area contributed by atoms with Crippen LogP contribution in [0, 0.1) is 0 Å². The third-order valence-corrected chi connectivity index (χ3v) is 6.76. The van der Waals surface area contributed by atoms with E-state index in [1.807, 2.05) is 66.7 Å². The predicted octanol–water partition coefficient (Wildman–Crippen LogP) is 4.29. The van der Waals surface area contributed by atoms with Crippen molar-refractivity contribution in [2.45, 2.75) is 12.8 Å². The second-order valence-electron chi connectivity index (χ2n) is 9.52.